The molecule has 1 N–H and O–H groups in total. The first-order valence-corrected chi connectivity index (χ1v) is 9.80. The van der Waals surface area contributed by atoms with E-state index in [4.69, 9.17) is 0 Å². The number of fused-ring (bicyclic) bond motifs is 1. The molecule has 0 spiro atoms. The summed E-state index contributed by atoms with van der Waals surface area (Å²) in [6.07, 6.45) is 6.16. The van der Waals surface area contributed by atoms with E-state index < -0.39 is 15.8 Å². The fraction of sp³-hybridized carbons (Fsp3) is 0.211. The average molecular weight is 371 g/mol. The van der Waals surface area contributed by atoms with Crippen LogP contribution in [0.3, 0.4) is 0 Å². The van der Waals surface area contributed by atoms with E-state index in [0.29, 0.717) is 16.6 Å². The van der Waals surface area contributed by atoms with Crippen molar-refractivity contribution in [2.45, 2.75) is 18.2 Å². The molecule has 1 aliphatic heterocycles. The topological polar surface area (TPSA) is 64.0 Å². The molecule has 5 nitrogen and oxygen atoms in total. The number of benzene rings is 1. The molecular formula is C19H18FN3O2S. The molecule has 0 saturated heterocycles. The van der Waals surface area contributed by atoms with E-state index in [9.17, 15) is 12.8 Å². The van der Waals surface area contributed by atoms with E-state index in [2.05, 4.69) is 16.4 Å². The van der Waals surface area contributed by atoms with Crippen LogP contribution in [0.2, 0.25) is 0 Å². The van der Waals surface area contributed by atoms with Gasteiger partial charge in [0, 0.05) is 24.5 Å². The van der Waals surface area contributed by atoms with Gasteiger partial charge in [-0.3, -0.25) is 4.98 Å². The SMILES string of the molecule is Cc1cc(S(=O)(=O)n2cc(C3=CCNCC3)c3ncccc32)ccc1F. The maximum Gasteiger partial charge on any atom is 0.268 e. The number of rotatable bonds is 3. The largest absolute Gasteiger partial charge is 0.313 e. The number of pyridine rings is 1. The minimum Gasteiger partial charge on any atom is -0.313 e. The molecular weight excluding hydrogens is 353 g/mol. The van der Waals surface area contributed by atoms with Gasteiger partial charge in [-0.05, 0) is 61.4 Å². The first-order valence-electron chi connectivity index (χ1n) is 8.36. The van der Waals surface area contributed by atoms with Crippen LogP contribution in [0.1, 0.15) is 17.5 Å². The van der Waals surface area contributed by atoms with Gasteiger partial charge in [0.05, 0.1) is 15.9 Å². The molecule has 3 aromatic rings. The van der Waals surface area contributed by atoms with Crippen LogP contribution in [0, 0.1) is 12.7 Å². The Hall–Kier alpha value is -2.51. The van der Waals surface area contributed by atoms with Crippen LogP contribution in [0.5, 0.6) is 0 Å². The third-order valence-electron chi connectivity index (χ3n) is 4.62. The second-order valence-corrected chi connectivity index (χ2v) is 8.12. The Bertz CT molecular complexity index is 1130. The van der Waals surface area contributed by atoms with E-state index in [1.165, 1.54) is 22.2 Å². The van der Waals surface area contributed by atoms with Crippen molar-refractivity contribution in [2.75, 3.05) is 13.1 Å². The molecule has 0 saturated carbocycles. The Morgan fingerprint density at radius 3 is 2.85 bits per heavy atom. The Morgan fingerprint density at radius 1 is 1.27 bits per heavy atom. The number of hydrogen-bond donors (Lipinski definition) is 1. The second kappa shape index (κ2) is 6.34. The maximum absolute atomic E-state index is 13.6. The summed E-state index contributed by atoms with van der Waals surface area (Å²) in [7, 11) is -3.86. The normalized spacial score (nSPS) is 15.2. The first-order chi connectivity index (χ1) is 12.5. The molecule has 26 heavy (non-hydrogen) atoms. The summed E-state index contributed by atoms with van der Waals surface area (Å²) in [5, 5.41) is 3.25. The van der Waals surface area contributed by atoms with Crippen LogP contribution in [0.4, 0.5) is 4.39 Å². The van der Waals surface area contributed by atoms with Gasteiger partial charge in [-0.25, -0.2) is 16.8 Å². The van der Waals surface area contributed by atoms with Crippen LogP contribution in [-0.2, 0) is 10.0 Å². The summed E-state index contributed by atoms with van der Waals surface area (Å²) in [6, 6.07) is 7.29. The van der Waals surface area contributed by atoms with Crippen molar-refractivity contribution in [1.82, 2.24) is 14.3 Å². The number of halogens is 1. The van der Waals surface area contributed by atoms with Crippen molar-refractivity contribution in [3.05, 3.63) is 65.7 Å². The third kappa shape index (κ3) is 2.73. The van der Waals surface area contributed by atoms with Crippen LogP contribution in [-0.4, -0.2) is 30.5 Å². The van der Waals surface area contributed by atoms with Gasteiger partial charge in [0.2, 0.25) is 0 Å². The molecule has 1 aliphatic rings. The lowest BCUT2D eigenvalue weighted by atomic mass is 10.0. The van der Waals surface area contributed by atoms with Gasteiger partial charge in [-0.1, -0.05) is 6.08 Å². The Morgan fingerprint density at radius 2 is 2.12 bits per heavy atom. The zero-order valence-electron chi connectivity index (χ0n) is 14.2. The standard InChI is InChI=1S/C19H18FN3O2S/c1-13-11-15(4-5-17(13)20)26(24,25)23-12-16(14-6-9-21-10-7-14)19-18(23)3-2-8-22-19/h2-6,8,11-12,21H,7,9-10H2,1H3. The summed E-state index contributed by atoms with van der Waals surface area (Å²) in [6.45, 7) is 3.14. The summed E-state index contributed by atoms with van der Waals surface area (Å²) < 4.78 is 41.2. The van der Waals surface area contributed by atoms with Crippen molar-refractivity contribution in [2.24, 2.45) is 0 Å². The van der Waals surface area contributed by atoms with E-state index in [0.717, 1.165) is 30.6 Å². The molecule has 0 aliphatic carbocycles. The summed E-state index contributed by atoms with van der Waals surface area (Å²) in [5.74, 6) is -0.427. The molecule has 0 unspecified atom stereocenters. The molecule has 0 atom stereocenters. The first kappa shape index (κ1) is 16.9. The van der Waals surface area contributed by atoms with Crippen molar-refractivity contribution >= 4 is 26.6 Å². The fourth-order valence-electron chi connectivity index (χ4n) is 3.22. The molecule has 3 heterocycles. The van der Waals surface area contributed by atoms with Crippen molar-refractivity contribution < 1.29 is 12.8 Å². The molecule has 1 aromatic carbocycles. The minimum absolute atomic E-state index is 0.0583. The molecule has 2 aromatic heterocycles. The van der Waals surface area contributed by atoms with Crippen LogP contribution >= 0.6 is 0 Å². The molecule has 0 bridgehead atoms. The van der Waals surface area contributed by atoms with Gasteiger partial charge < -0.3 is 5.32 Å². The monoisotopic (exact) mass is 371 g/mol. The lowest BCUT2D eigenvalue weighted by molar-refractivity contribution is 0.587. The average Bonchev–Trinajstić information content (AvgIpc) is 3.05. The maximum atomic E-state index is 13.6. The second-order valence-electron chi connectivity index (χ2n) is 6.31. The quantitative estimate of drug-likeness (QED) is 0.768. The third-order valence-corrected chi connectivity index (χ3v) is 6.29. The lowest BCUT2D eigenvalue weighted by Gasteiger charge is -2.12. The number of hydrogen-bond acceptors (Lipinski definition) is 4. The predicted octanol–water partition coefficient (Wildman–Crippen LogP) is 3.10. The molecule has 0 radical (unpaired) electrons. The highest BCUT2D eigenvalue weighted by Crippen LogP contribution is 2.31. The van der Waals surface area contributed by atoms with E-state index in [1.807, 2.05) is 0 Å². The van der Waals surface area contributed by atoms with Gasteiger partial charge >= 0.3 is 0 Å². The fourth-order valence-corrected chi connectivity index (χ4v) is 4.67. The number of aryl methyl sites for hydroxylation is 1. The Balaban J connectivity index is 1.94. The number of aromatic nitrogens is 2. The zero-order valence-corrected chi connectivity index (χ0v) is 15.1. The van der Waals surface area contributed by atoms with Crippen molar-refractivity contribution in [3.63, 3.8) is 0 Å². The van der Waals surface area contributed by atoms with Crippen LogP contribution in [0.15, 0.2) is 53.7 Å². The highest BCUT2D eigenvalue weighted by Gasteiger charge is 2.24. The van der Waals surface area contributed by atoms with Gasteiger partial charge in [0.15, 0.2) is 0 Å². The Kier molecular flexibility index (Phi) is 4.13. The molecule has 134 valence electrons. The van der Waals surface area contributed by atoms with Crippen LogP contribution in [0.25, 0.3) is 16.6 Å². The van der Waals surface area contributed by atoms with Gasteiger partial charge in [0.25, 0.3) is 10.0 Å². The van der Waals surface area contributed by atoms with Crippen molar-refractivity contribution in [3.8, 4) is 0 Å². The molecule has 0 amide bonds. The lowest BCUT2D eigenvalue weighted by Crippen LogP contribution is -2.20. The predicted molar refractivity (Wildman–Crippen MR) is 98.9 cm³/mol. The summed E-state index contributed by atoms with van der Waals surface area (Å²) in [5.41, 5.74) is 3.37. The minimum atomic E-state index is -3.86. The smallest absolute Gasteiger partial charge is 0.268 e. The highest BCUT2D eigenvalue weighted by molar-refractivity contribution is 7.90. The summed E-state index contributed by atoms with van der Waals surface area (Å²) in [4.78, 5) is 4.47. The number of nitrogens with zero attached hydrogens (tertiary/aromatic N) is 2. The number of nitrogens with one attached hydrogen (secondary N) is 1. The van der Waals surface area contributed by atoms with E-state index in [1.54, 1.807) is 31.5 Å². The van der Waals surface area contributed by atoms with E-state index in [-0.39, 0.29) is 4.90 Å². The molecule has 7 heteroatoms. The van der Waals surface area contributed by atoms with Crippen LogP contribution < -0.4 is 5.32 Å². The van der Waals surface area contributed by atoms with E-state index >= 15 is 0 Å². The molecule has 4 rings (SSSR count). The Labute approximate surface area is 151 Å². The van der Waals surface area contributed by atoms with Gasteiger partial charge in [0.1, 0.15) is 5.82 Å². The van der Waals surface area contributed by atoms with Gasteiger partial charge in [-0.2, -0.15) is 0 Å². The van der Waals surface area contributed by atoms with Crippen molar-refractivity contribution in [1.29, 1.82) is 0 Å². The zero-order chi connectivity index (χ0) is 18.3. The molecule has 0 fully saturated rings. The summed E-state index contributed by atoms with van der Waals surface area (Å²) >= 11 is 0. The van der Waals surface area contributed by atoms with Gasteiger partial charge in [-0.15, -0.1) is 0 Å². The highest BCUT2D eigenvalue weighted by atomic mass is 32.2.